The molecule has 1 saturated heterocycles. The number of hydrogen-bond donors (Lipinski definition) is 1. The number of alkyl halides is 4. The molecule has 1 amide bonds. The molecule has 1 fully saturated rings. The number of carbonyl (C=O) groups is 1. The van der Waals surface area contributed by atoms with Crippen LogP contribution >= 0.6 is 0 Å². The molecular formula is C26H22F4N6O4. The highest BCUT2D eigenvalue weighted by atomic mass is 19.3. The van der Waals surface area contributed by atoms with Crippen molar-refractivity contribution in [3.8, 4) is 40.0 Å². The minimum atomic E-state index is -3.33. The molecule has 0 saturated carbocycles. The molecule has 208 valence electrons. The molecule has 0 aliphatic carbocycles. The van der Waals surface area contributed by atoms with Gasteiger partial charge in [-0.15, -0.1) is 0 Å². The molecule has 0 spiro atoms. The molecule has 1 aliphatic heterocycles. The fourth-order valence-electron chi connectivity index (χ4n) is 4.83. The van der Waals surface area contributed by atoms with Crippen LogP contribution in [-0.4, -0.2) is 74.3 Å². The standard InChI is InChI=1S/C26H22F4N6O4/c1-34-10-16(9-32-34)13-4-15(8-31)20-17(5-13)33-35(2)22(20)14-6-18(39-3)21(19(7-14)40-25(29)30)23(37)36-11-26(38,12-36)24(27)28/h4-7,9-10,24-25,38H,11-12H2,1-3H3. The fourth-order valence-corrected chi connectivity index (χ4v) is 4.83. The number of hydrogen-bond acceptors (Lipinski definition) is 7. The van der Waals surface area contributed by atoms with E-state index < -0.39 is 48.9 Å². The molecule has 5 rings (SSSR count). The normalized spacial score (nSPS) is 14.5. The molecule has 0 unspecified atom stereocenters. The number of aliphatic hydroxyl groups is 1. The number of fused-ring (bicyclic) bond motifs is 1. The van der Waals surface area contributed by atoms with E-state index in [1.54, 1.807) is 43.3 Å². The molecule has 3 heterocycles. The van der Waals surface area contributed by atoms with Crippen LogP contribution in [0.1, 0.15) is 15.9 Å². The average Bonchev–Trinajstić information content (AvgIpc) is 3.46. The van der Waals surface area contributed by atoms with Gasteiger partial charge < -0.3 is 19.5 Å². The van der Waals surface area contributed by atoms with Crippen LogP contribution in [0.25, 0.3) is 33.3 Å². The Morgan fingerprint density at radius 2 is 1.80 bits per heavy atom. The van der Waals surface area contributed by atoms with Crippen molar-refractivity contribution in [2.75, 3.05) is 20.2 Å². The van der Waals surface area contributed by atoms with E-state index in [1.165, 1.54) is 23.9 Å². The predicted octanol–water partition coefficient (Wildman–Crippen LogP) is 3.57. The van der Waals surface area contributed by atoms with Gasteiger partial charge in [-0.2, -0.15) is 24.2 Å². The van der Waals surface area contributed by atoms with Gasteiger partial charge in [0, 0.05) is 36.8 Å². The minimum absolute atomic E-state index is 0.175. The second-order valence-electron chi connectivity index (χ2n) is 9.40. The van der Waals surface area contributed by atoms with Crippen LogP contribution in [0.15, 0.2) is 36.7 Å². The summed E-state index contributed by atoms with van der Waals surface area (Å²) in [6, 6.07) is 8.13. The van der Waals surface area contributed by atoms with Gasteiger partial charge in [0.25, 0.3) is 12.3 Å². The maximum atomic E-state index is 13.5. The number of likely N-dealkylation sites (tertiary alicyclic amines) is 1. The minimum Gasteiger partial charge on any atom is -0.496 e. The van der Waals surface area contributed by atoms with E-state index in [4.69, 9.17) is 4.74 Å². The maximum Gasteiger partial charge on any atom is 0.387 e. The van der Waals surface area contributed by atoms with Crippen LogP contribution in [0.2, 0.25) is 0 Å². The topological polar surface area (TPSA) is 118 Å². The van der Waals surface area contributed by atoms with Gasteiger partial charge in [-0.25, -0.2) is 8.78 Å². The smallest absolute Gasteiger partial charge is 0.387 e. The zero-order chi connectivity index (χ0) is 28.9. The van der Waals surface area contributed by atoms with Gasteiger partial charge in [0.1, 0.15) is 17.1 Å². The number of methoxy groups -OCH3 is 1. The summed E-state index contributed by atoms with van der Waals surface area (Å²) in [7, 11) is 4.56. The molecule has 1 N–H and O–H groups in total. The highest BCUT2D eigenvalue weighted by molar-refractivity contribution is 6.04. The molecule has 40 heavy (non-hydrogen) atoms. The number of nitriles is 1. The van der Waals surface area contributed by atoms with E-state index in [-0.39, 0.29) is 16.9 Å². The number of amides is 1. The van der Waals surface area contributed by atoms with E-state index in [0.717, 1.165) is 10.5 Å². The number of aromatic nitrogens is 4. The summed E-state index contributed by atoms with van der Waals surface area (Å²) in [5, 5.41) is 28.9. The zero-order valence-corrected chi connectivity index (χ0v) is 21.4. The van der Waals surface area contributed by atoms with Crippen molar-refractivity contribution in [2.45, 2.75) is 18.6 Å². The predicted molar refractivity (Wildman–Crippen MR) is 133 cm³/mol. The lowest BCUT2D eigenvalue weighted by atomic mass is 9.93. The number of rotatable bonds is 7. The van der Waals surface area contributed by atoms with Gasteiger partial charge in [-0.05, 0) is 29.8 Å². The van der Waals surface area contributed by atoms with Gasteiger partial charge in [-0.1, -0.05) is 0 Å². The first kappa shape index (κ1) is 26.9. The number of halogens is 4. The summed E-state index contributed by atoms with van der Waals surface area (Å²) in [6.07, 6.45) is 0.325. The lowest BCUT2D eigenvalue weighted by Gasteiger charge is -2.45. The van der Waals surface area contributed by atoms with Crippen molar-refractivity contribution in [3.63, 3.8) is 0 Å². The number of ether oxygens (including phenoxy) is 2. The fraction of sp³-hybridized carbons (Fsp3) is 0.308. The largest absolute Gasteiger partial charge is 0.496 e. The summed E-state index contributed by atoms with van der Waals surface area (Å²) in [5.41, 5.74) is -0.0598. The van der Waals surface area contributed by atoms with Crippen LogP contribution in [0.3, 0.4) is 0 Å². The first-order valence-electron chi connectivity index (χ1n) is 11.8. The molecule has 2 aromatic carbocycles. The second kappa shape index (κ2) is 9.83. The third-order valence-electron chi connectivity index (χ3n) is 6.71. The van der Waals surface area contributed by atoms with Crippen LogP contribution in [0.4, 0.5) is 17.6 Å². The molecule has 0 bridgehead atoms. The summed E-state index contributed by atoms with van der Waals surface area (Å²) in [5.74, 6) is -1.68. The van der Waals surface area contributed by atoms with Crippen molar-refractivity contribution < 1.29 is 36.9 Å². The monoisotopic (exact) mass is 558 g/mol. The number of β-amino-alcohol motifs (C(OH)–C–C–N with tert-alkyl or cyclic N) is 1. The molecular weight excluding hydrogens is 536 g/mol. The summed E-state index contributed by atoms with van der Waals surface area (Å²) >= 11 is 0. The second-order valence-corrected chi connectivity index (χ2v) is 9.40. The highest BCUT2D eigenvalue weighted by Gasteiger charge is 2.51. The Hall–Kier alpha value is -4.64. The van der Waals surface area contributed by atoms with Crippen molar-refractivity contribution in [3.05, 3.63) is 47.8 Å². The molecule has 1 aliphatic rings. The van der Waals surface area contributed by atoms with Crippen molar-refractivity contribution >= 4 is 16.8 Å². The Labute approximate surface area is 224 Å². The number of nitrogens with zero attached hydrogens (tertiary/aromatic N) is 6. The van der Waals surface area contributed by atoms with Gasteiger partial charge in [0.2, 0.25) is 0 Å². The maximum absolute atomic E-state index is 13.5. The van der Waals surface area contributed by atoms with E-state index >= 15 is 0 Å². The Bertz CT molecular complexity index is 1670. The van der Waals surface area contributed by atoms with Crippen LogP contribution in [-0.2, 0) is 14.1 Å². The van der Waals surface area contributed by atoms with E-state index in [0.29, 0.717) is 22.2 Å². The molecule has 2 aromatic heterocycles. The Balaban J connectivity index is 1.65. The lowest BCUT2D eigenvalue weighted by Crippen LogP contribution is -2.67. The van der Waals surface area contributed by atoms with E-state index in [2.05, 4.69) is 21.0 Å². The van der Waals surface area contributed by atoms with Gasteiger partial charge in [0.15, 0.2) is 5.60 Å². The first-order chi connectivity index (χ1) is 18.9. The summed E-state index contributed by atoms with van der Waals surface area (Å²) in [6.45, 7) is -4.72. The summed E-state index contributed by atoms with van der Waals surface area (Å²) < 4.78 is 66.2. The van der Waals surface area contributed by atoms with Gasteiger partial charge >= 0.3 is 6.61 Å². The van der Waals surface area contributed by atoms with E-state index in [9.17, 15) is 32.7 Å². The third-order valence-corrected chi connectivity index (χ3v) is 6.71. The summed E-state index contributed by atoms with van der Waals surface area (Å²) in [4.78, 5) is 14.1. The molecule has 0 radical (unpaired) electrons. The van der Waals surface area contributed by atoms with E-state index in [1.807, 2.05) is 0 Å². The molecule has 4 aromatic rings. The Morgan fingerprint density at radius 1 is 1.10 bits per heavy atom. The highest BCUT2D eigenvalue weighted by Crippen LogP contribution is 2.42. The SMILES string of the molecule is COc1cc(-c2c3c(C#N)cc(-c4cnn(C)c4)cc3nn2C)cc(OC(F)F)c1C(=O)N1CC(O)(C(F)F)C1. The lowest BCUT2D eigenvalue weighted by molar-refractivity contribution is -0.166. The van der Waals surface area contributed by atoms with Gasteiger partial charge in [-0.3, -0.25) is 14.2 Å². The third kappa shape index (κ3) is 4.47. The molecule has 10 nitrogen and oxygen atoms in total. The molecule has 14 heteroatoms. The van der Waals surface area contributed by atoms with Crippen LogP contribution in [0, 0.1) is 11.3 Å². The van der Waals surface area contributed by atoms with Gasteiger partial charge in [0.05, 0.1) is 49.2 Å². The number of carbonyl (C=O) groups excluding carboxylic acids is 1. The number of benzene rings is 2. The first-order valence-corrected chi connectivity index (χ1v) is 11.8. The Kier molecular flexibility index (Phi) is 6.62. The Morgan fingerprint density at radius 3 is 2.38 bits per heavy atom. The average molecular weight is 558 g/mol. The quantitative estimate of drug-likeness (QED) is 0.345. The van der Waals surface area contributed by atoms with Crippen molar-refractivity contribution in [1.82, 2.24) is 24.5 Å². The van der Waals surface area contributed by atoms with Crippen LogP contribution in [0.5, 0.6) is 11.5 Å². The van der Waals surface area contributed by atoms with Crippen molar-refractivity contribution in [2.24, 2.45) is 14.1 Å². The molecule has 0 atom stereocenters. The zero-order valence-electron chi connectivity index (χ0n) is 21.4. The van der Waals surface area contributed by atoms with Crippen LogP contribution < -0.4 is 9.47 Å². The number of aryl methyl sites for hydroxylation is 2. The van der Waals surface area contributed by atoms with Crippen molar-refractivity contribution in [1.29, 1.82) is 5.26 Å².